The number of aromatic carboxylic acids is 1. The van der Waals surface area contributed by atoms with Gasteiger partial charge in [-0.1, -0.05) is 24.3 Å². The number of imidazole rings is 1. The smallest absolute Gasteiger partial charge is 0.338 e. The maximum Gasteiger partial charge on any atom is 0.338 e. The molecule has 0 amide bonds. The number of aromatic nitrogens is 6. The number of ether oxygens (including phenoxy) is 1. The molecule has 0 bridgehead atoms. The van der Waals surface area contributed by atoms with Crippen LogP contribution in [0.3, 0.4) is 0 Å². The highest BCUT2D eigenvalue weighted by atomic mass is 16.5. The molecule has 0 aliphatic rings. The van der Waals surface area contributed by atoms with Crippen LogP contribution in [0, 0.1) is 0 Å². The highest BCUT2D eigenvalue weighted by molar-refractivity contribution is 5.86. The van der Waals surface area contributed by atoms with E-state index in [1.165, 1.54) is 17.1 Å². The van der Waals surface area contributed by atoms with E-state index >= 15 is 0 Å². The van der Waals surface area contributed by atoms with Gasteiger partial charge in [0.25, 0.3) is 5.56 Å². The van der Waals surface area contributed by atoms with Crippen molar-refractivity contribution in [3.8, 4) is 5.95 Å². The molecule has 0 unspecified atom stereocenters. The molecular formula is C18H16N6O4. The third kappa shape index (κ3) is 3.28. The van der Waals surface area contributed by atoms with Crippen LogP contribution in [-0.4, -0.2) is 47.5 Å². The lowest BCUT2D eigenvalue weighted by molar-refractivity contribution is 0.0697. The van der Waals surface area contributed by atoms with Crippen molar-refractivity contribution in [2.45, 2.75) is 13.2 Å². The first-order valence-corrected chi connectivity index (χ1v) is 8.35. The molecule has 0 saturated heterocycles. The van der Waals surface area contributed by atoms with Crippen LogP contribution in [-0.2, 0) is 17.9 Å². The summed E-state index contributed by atoms with van der Waals surface area (Å²) in [4.78, 5) is 34.5. The van der Waals surface area contributed by atoms with Crippen LogP contribution < -0.4 is 5.56 Å². The highest BCUT2D eigenvalue weighted by Gasteiger charge is 2.14. The summed E-state index contributed by atoms with van der Waals surface area (Å²) < 4.78 is 8.07. The van der Waals surface area contributed by atoms with Crippen LogP contribution in [0.2, 0.25) is 0 Å². The highest BCUT2D eigenvalue weighted by Crippen LogP contribution is 2.13. The molecule has 0 fully saturated rings. The van der Waals surface area contributed by atoms with E-state index in [1.54, 1.807) is 18.0 Å². The van der Waals surface area contributed by atoms with Gasteiger partial charge in [0, 0.05) is 13.3 Å². The Kier molecular flexibility index (Phi) is 4.45. The molecule has 4 aromatic rings. The summed E-state index contributed by atoms with van der Waals surface area (Å²) in [5, 5.41) is 13.0. The number of nitrogens with one attached hydrogen (secondary N) is 1. The number of rotatable bonds is 6. The number of carboxylic acids is 1. The molecule has 0 atom stereocenters. The Morgan fingerprint density at radius 1 is 1.25 bits per heavy atom. The quantitative estimate of drug-likeness (QED) is 0.514. The van der Waals surface area contributed by atoms with E-state index in [0.717, 1.165) is 11.1 Å². The summed E-state index contributed by atoms with van der Waals surface area (Å²) in [5.41, 5.74) is 2.22. The Hall–Kier alpha value is -3.79. The molecule has 142 valence electrons. The van der Waals surface area contributed by atoms with Crippen molar-refractivity contribution < 1.29 is 14.6 Å². The first kappa shape index (κ1) is 17.6. The largest absolute Gasteiger partial charge is 0.478 e. The van der Waals surface area contributed by atoms with Crippen molar-refractivity contribution in [1.82, 2.24) is 29.3 Å². The maximum atomic E-state index is 12.4. The van der Waals surface area contributed by atoms with Crippen LogP contribution in [0.5, 0.6) is 0 Å². The molecule has 2 N–H and O–H groups in total. The van der Waals surface area contributed by atoms with E-state index in [0.29, 0.717) is 18.8 Å². The summed E-state index contributed by atoms with van der Waals surface area (Å²) in [6.45, 7) is 1.01. The molecule has 0 aliphatic heterocycles. The Morgan fingerprint density at radius 2 is 2.00 bits per heavy atom. The normalized spacial score (nSPS) is 11.2. The topological polar surface area (TPSA) is 128 Å². The van der Waals surface area contributed by atoms with Crippen molar-refractivity contribution in [1.29, 1.82) is 0 Å². The van der Waals surface area contributed by atoms with Crippen molar-refractivity contribution in [2.75, 3.05) is 7.11 Å². The molecule has 10 heteroatoms. The van der Waals surface area contributed by atoms with Crippen molar-refractivity contribution in [3.05, 3.63) is 70.0 Å². The average Bonchev–Trinajstić information content (AvgIpc) is 3.32. The third-order valence-corrected chi connectivity index (χ3v) is 4.20. The zero-order valence-corrected chi connectivity index (χ0v) is 14.9. The number of carbonyl (C=O) groups is 1. The van der Waals surface area contributed by atoms with Gasteiger partial charge >= 0.3 is 5.97 Å². The van der Waals surface area contributed by atoms with Gasteiger partial charge in [0.05, 0.1) is 31.2 Å². The number of H-pyrrole nitrogens is 1. The zero-order valence-electron chi connectivity index (χ0n) is 14.9. The summed E-state index contributed by atoms with van der Waals surface area (Å²) in [6, 6.07) is 7.89. The second-order valence-corrected chi connectivity index (χ2v) is 6.16. The molecule has 3 heterocycles. The van der Waals surface area contributed by atoms with Gasteiger partial charge < -0.3 is 14.4 Å². The van der Waals surface area contributed by atoms with Crippen LogP contribution in [0.4, 0.5) is 0 Å². The summed E-state index contributed by atoms with van der Waals surface area (Å²) in [6.07, 6.45) is 4.01. The van der Waals surface area contributed by atoms with Gasteiger partial charge in [-0.2, -0.15) is 10.1 Å². The van der Waals surface area contributed by atoms with Gasteiger partial charge in [0.1, 0.15) is 0 Å². The van der Waals surface area contributed by atoms with Gasteiger partial charge in [-0.05, 0) is 11.1 Å². The second-order valence-electron chi connectivity index (χ2n) is 6.16. The number of methoxy groups -OCH3 is 1. The minimum absolute atomic E-state index is 0.00704. The monoisotopic (exact) mass is 380 g/mol. The van der Waals surface area contributed by atoms with Gasteiger partial charge in [0.2, 0.25) is 5.95 Å². The molecule has 0 spiro atoms. The number of hydrogen-bond donors (Lipinski definition) is 2. The standard InChI is InChI=1S/C18H16N6O4/c1-28-9-12-4-2-11(3-5-12)7-23-10-19-14-15(23)21-18(22-16(14)25)24-8-13(6-20-24)17(26)27/h2-6,8,10H,7,9H2,1H3,(H,26,27)(H,21,22,25). The van der Waals surface area contributed by atoms with Crippen molar-refractivity contribution >= 4 is 17.1 Å². The molecular weight excluding hydrogens is 364 g/mol. The van der Waals surface area contributed by atoms with Crippen molar-refractivity contribution in [3.63, 3.8) is 0 Å². The fraction of sp³-hybridized carbons (Fsp3) is 0.167. The van der Waals surface area contributed by atoms with E-state index in [-0.39, 0.29) is 17.0 Å². The number of hydrogen-bond acceptors (Lipinski definition) is 6. The maximum absolute atomic E-state index is 12.4. The molecule has 10 nitrogen and oxygen atoms in total. The van der Waals surface area contributed by atoms with E-state index < -0.39 is 11.5 Å². The fourth-order valence-corrected chi connectivity index (χ4v) is 2.82. The lowest BCUT2D eigenvalue weighted by Crippen LogP contribution is -2.15. The third-order valence-electron chi connectivity index (χ3n) is 4.20. The van der Waals surface area contributed by atoms with Crippen LogP contribution in [0.15, 0.2) is 47.8 Å². The average molecular weight is 380 g/mol. The fourth-order valence-electron chi connectivity index (χ4n) is 2.82. The Balaban J connectivity index is 1.70. The number of nitrogens with zero attached hydrogens (tertiary/aromatic N) is 5. The van der Waals surface area contributed by atoms with Gasteiger partial charge in [-0.3, -0.25) is 9.78 Å². The first-order valence-electron chi connectivity index (χ1n) is 8.35. The minimum atomic E-state index is -1.11. The number of aromatic amines is 1. The Morgan fingerprint density at radius 3 is 2.68 bits per heavy atom. The number of benzene rings is 1. The second kappa shape index (κ2) is 7.08. The summed E-state index contributed by atoms with van der Waals surface area (Å²) >= 11 is 0. The van der Waals surface area contributed by atoms with E-state index in [2.05, 4.69) is 20.1 Å². The Labute approximate surface area is 158 Å². The number of fused-ring (bicyclic) bond motifs is 1. The summed E-state index contributed by atoms with van der Waals surface area (Å²) in [5.74, 6) is -1.00. The van der Waals surface area contributed by atoms with E-state index in [9.17, 15) is 9.59 Å². The zero-order chi connectivity index (χ0) is 19.7. The molecule has 0 radical (unpaired) electrons. The minimum Gasteiger partial charge on any atom is -0.478 e. The first-order chi connectivity index (χ1) is 13.5. The van der Waals surface area contributed by atoms with Crippen LogP contribution in [0.25, 0.3) is 17.1 Å². The van der Waals surface area contributed by atoms with E-state index in [1.807, 2.05) is 24.3 Å². The van der Waals surface area contributed by atoms with Gasteiger partial charge in [-0.15, -0.1) is 0 Å². The molecule has 0 saturated carbocycles. The summed E-state index contributed by atoms with van der Waals surface area (Å²) in [7, 11) is 1.64. The van der Waals surface area contributed by atoms with Gasteiger partial charge in [0.15, 0.2) is 11.2 Å². The lowest BCUT2D eigenvalue weighted by atomic mass is 10.1. The molecule has 1 aromatic carbocycles. The van der Waals surface area contributed by atoms with E-state index in [4.69, 9.17) is 9.84 Å². The van der Waals surface area contributed by atoms with Crippen LogP contribution in [0.1, 0.15) is 21.5 Å². The predicted octanol–water partition coefficient (Wildman–Crippen LogP) is 1.20. The van der Waals surface area contributed by atoms with Crippen LogP contribution >= 0.6 is 0 Å². The molecule has 4 rings (SSSR count). The Bertz CT molecular complexity index is 1210. The number of carboxylic acid groups (broad SMARTS) is 1. The SMILES string of the molecule is COCc1ccc(Cn2cnc3c(=O)[nH]c(-n4cc(C(=O)O)cn4)nc32)cc1. The van der Waals surface area contributed by atoms with Gasteiger partial charge in [-0.25, -0.2) is 14.5 Å². The molecule has 0 aliphatic carbocycles. The molecule has 28 heavy (non-hydrogen) atoms. The van der Waals surface area contributed by atoms with Crippen molar-refractivity contribution in [2.24, 2.45) is 0 Å². The lowest BCUT2D eigenvalue weighted by Gasteiger charge is -2.06. The predicted molar refractivity (Wildman–Crippen MR) is 98.5 cm³/mol. The molecule has 3 aromatic heterocycles.